The summed E-state index contributed by atoms with van der Waals surface area (Å²) in [5, 5.41) is 9.37. The summed E-state index contributed by atoms with van der Waals surface area (Å²) >= 11 is 6.15. The maximum atomic E-state index is 12.2. The minimum atomic E-state index is -0.312. The van der Waals surface area contributed by atoms with Gasteiger partial charge >= 0.3 is 0 Å². The van der Waals surface area contributed by atoms with E-state index in [1.54, 1.807) is 18.3 Å². The van der Waals surface area contributed by atoms with Gasteiger partial charge in [0.25, 0.3) is 5.56 Å². The Kier molecular flexibility index (Phi) is 2.92. The number of nitrogens with one attached hydrogen (secondary N) is 2. The number of hydrogen-bond acceptors (Lipinski definition) is 3. The number of pyridine rings is 1. The second kappa shape index (κ2) is 4.86. The van der Waals surface area contributed by atoms with Crippen LogP contribution in [0, 0.1) is 6.92 Å². The van der Waals surface area contributed by atoms with Crippen molar-refractivity contribution in [2.24, 2.45) is 0 Å². The van der Waals surface area contributed by atoms with E-state index >= 15 is 0 Å². The molecular weight excluding hydrogens is 312 g/mol. The zero-order valence-corrected chi connectivity index (χ0v) is 13.0. The van der Waals surface area contributed by atoms with Crippen molar-refractivity contribution in [3.63, 3.8) is 0 Å². The van der Waals surface area contributed by atoms with E-state index in [1.165, 1.54) is 0 Å². The average molecular weight is 325 g/mol. The van der Waals surface area contributed by atoms with E-state index in [4.69, 9.17) is 17.3 Å². The topological polar surface area (TPSA) is 87.6 Å². The maximum absolute atomic E-state index is 12.2. The van der Waals surface area contributed by atoms with Crippen molar-refractivity contribution in [3.05, 3.63) is 57.5 Å². The third kappa shape index (κ3) is 2.09. The second-order valence-electron chi connectivity index (χ2n) is 5.58. The molecule has 0 fully saturated rings. The summed E-state index contributed by atoms with van der Waals surface area (Å²) in [6, 6.07) is 9.34. The lowest BCUT2D eigenvalue weighted by molar-refractivity contribution is 1.12. The summed E-state index contributed by atoms with van der Waals surface area (Å²) in [5.41, 5.74) is 10.2. The normalized spacial score (nSPS) is 11.4. The van der Waals surface area contributed by atoms with Crippen LogP contribution in [0.15, 0.2) is 41.3 Å². The van der Waals surface area contributed by atoms with Crippen LogP contribution in [-0.4, -0.2) is 15.2 Å². The highest BCUT2D eigenvalue weighted by Crippen LogP contribution is 2.36. The van der Waals surface area contributed by atoms with Gasteiger partial charge in [0.05, 0.1) is 11.7 Å². The van der Waals surface area contributed by atoms with Gasteiger partial charge < -0.3 is 10.7 Å². The van der Waals surface area contributed by atoms with Crippen LogP contribution in [0.2, 0.25) is 5.02 Å². The van der Waals surface area contributed by atoms with Crippen molar-refractivity contribution < 1.29 is 0 Å². The maximum Gasteiger partial charge on any atom is 0.272 e. The molecule has 5 nitrogen and oxygen atoms in total. The standard InChI is InChI=1S/C17H13ClN4O/c1-8-4-10(12-7-20-22-14(12)5-8)15-11-6-9(18)2-3-13(11)21-17(23)16(15)19/h2-7H,19H2,1H3,(H,20,22)(H,21,23). The number of nitrogens with zero attached hydrogens (tertiary/aromatic N) is 1. The third-order valence-corrected chi connectivity index (χ3v) is 4.22. The van der Waals surface area contributed by atoms with Crippen LogP contribution in [0.4, 0.5) is 5.69 Å². The molecule has 4 N–H and O–H groups in total. The summed E-state index contributed by atoms with van der Waals surface area (Å²) in [6.07, 6.45) is 1.74. The predicted molar refractivity (Wildman–Crippen MR) is 93.8 cm³/mol. The van der Waals surface area contributed by atoms with E-state index < -0.39 is 0 Å². The number of fused-ring (bicyclic) bond motifs is 2. The summed E-state index contributed by atoms with van der Waals surface area (Å²) in [4.78, 5) is 15.0. The molecule has 2 heterocycles. The summed E-state index contributed by atoms with van der Waals surface area (Å²) in [5.74, 6) is 0. The molecule has 0 atom stereocenters. The van der Waals surface area contributed by atoms with Crippen molar-refractivity contribution in [1.29, 1.82) is 0 Å². The largest absolute Gasteiger partial charge is 0.394 e. The molecule has 0 bridgehead atoms. The van der Waals surface area contributed by atoms with E-state index in [9.17, 15) is 4.79 Å². The molecule has 2 aromatic heterocycles. The molecule has 114 valence electrons. The molecule has 0 aliphatic heterocycles. The molecule has 0 saturated carbocycles. The molecule has 0 saturated heterocycles. The number of benzene rings is 2. The molecule has 0 aliphatic rings. The average Bonchev–Trinajstić information content (AvgIpc) is 2.97. The first kappa shape index (κ1) is 13.8. The highest BCUT2D eigenvalue weighted by molar-refractivity contribution is 6.31. The van der Waals surface area contributed by atoms with Crippen molar-refractivity contribution in [3.8, 4) is 11.1 Å². The molecule has 0 spiro atoms. The number of halogens is 1. The smallest absolute Gasteiger partial charge is 0.272 e. The van der Waals surface area contributed by atoms with Crippen LogP contribution < -0.4 is 11.3 Å². The fourth-order valence-corrected chi connectivity index (χ4v) is 3.15. The van der Waals surface area contributed by atoms with Gasteiger partial charge in [0.2, 0.25) is 0 Å². The van der Waals surface area contributed by atoms with Crippen LogP contribution in [0.1, 0.15) is 5.56 Å². The number of H-pyrrole nitrogens is 2. The minimum Gasteiger partial charge on any atom is -0.394 e. The van der Waals surface area contributed by atoms with Gasteiger partial charge in [-0.15, -0.1) is 0 Å². The zero-order valence-electron chi connectivity index (χ0n) is 12.3. The molecule has 0 amide bonds. The van der Waals surface area contributed by atoms with Crippen LogP contribution in [0.3, 0.4) is 0 Å². The van der Waals surface area contributed by atoms with Gasteiger partial charge in [-0.1, -0.05) is 17.7 Å². The Hall–Kier alpha value is -2.79. The number of nitrogen functional groups attached to an aromatic ring is 1. The number of hydrogen-bond donors (Lipinski definition) is 3. The molecule has 0 unspecified atom stereocenters. The molecule has 0 aliphatic carbocycles. The zero-order chi connectivity index (χ0) is 16.1. The Morgan fingerprint density at radius 3 is 2.78 bits per heavy atom. The Balaban J connectivity index is 2.24. The first-order valence-electron chi connectivity index (χ1n) is 7.09. The first-order chi connectivity index (χ1) is 11.0. The van der Waals surface area contributed by atoms with Crippen LogP contribution in [-0.2, 0) is 0 Å². The molecule has 23 heavy (non-hydrogen) atoms. The van der Waals surface area contributed by atoms with Gasteiger partial charge in [-0.25, -0.2) is 0 Å². The highest BCUT2D eigenvalue weighted by Gasteiger charge is 2.16. The van der Waals surface area contributed by atoms with E-state index in [2.05, 4.69) is 15.2 Å². The van der Waals surface area contributed by atoms with Gasteiger partial charge in [-0.2, -0.15) is 5.10 Å². The Bertz CT molecular complexity index is 1130. The summed E-state index contributed by atoms with van der Waals surface area (Å²) < 4.78 is 0. The van der Waals surface area contributed by atoms with Crippen molar-refractivity contribution in [2.75, 3.05) is 5.73 Å². The Morgan fingerprint density at radius 1 is 1.13 bits per heavy atom. The number of aromatic amines is 2. The molecule has 6 heteroatoms. The summed E-state index contributed by atoms with van der Waals surface area (Å²) in [7, 11) is 0. The molecule has 0 radical (unpaired) electrons. The van der Waals surface area contributed by atoms with E-state index in [1.807, 2.05) is 25.1 Å². The van der Waals surface area contributed by atoms with Crippen molar-refractivity contribution >= 4 is 39.1 Å². The predicted octanol–water partition coefficient (Wildman–Crippen LogP) is 3.62. The third-order valence-electron chi connectivity index (χ3n) is 3.99. The monoisotopic (exact) mass is 324 g/mol. The van der Waals surface area contributed by atoms with Crippen molar-refractivity contribution in [2.45, 2.75) is 6.92 Å². The molecule has 2 aromatic carbocycles. The number of rotatable bonds is 1. The van der Waals surface area contributed by atoms with Crippen LogP contribution in [0.5, 0.6) is 0 Å². The first-order valence-corrected chi connectivity index (χ1v) is 7.47. The lowest BCUT2D eigenvalue weighted by atomic mass is 9.95. The molecule has 4 rings (SSSR count). The fraction of sp³-hybridized carbons (Fsp3) is 0.0588. The van der Waals surface area contributed by atoms with Crippen molar-refractivity contribution in [1.82, 2.24) is 15.2 Å². The second-order valence-corrected chi connectivity index (χ2v) is 6.01. The lowest BCUT2D eigenvalue weighted by Crippen LogP contribution is -2.13. The van der Waals surface area contributed by atoms with Gasteiger partial charge in [0.15, 0.2) is 0 Å². The fourth-order valence-electron chi connectivity index (χ4n) is 2.97. The van der Waals surface area contributed by atoms with Gasteiger partial charge in [0.1, 0.15) is 5.69 Å². The van der Waals surface area contributed by atoms with Crippen LogP contribution in [0.25, 0.3) is 32.9 Å². The quantitative estimate of drug-likeness (QED) is 0.499. The van der Waals surface area contributed by atoms with E-state index in [0.717, 1.165) is 27.4 Å². The van der Waals surface area contributed by atoms with Gasteiger partial charge in [0, 0.05) is 26.9 Å². The molecule has 4 aromatic rings. The lowest BCUT2D eigenvalue weighted by Gasteiger charge is -2.12. The van der Waals surface area contributed by atoms with Crippen LogP contribution >= 0.6 is 11.6 Å². The highest BCUT2D eigenvalue weighted by atomic mass is 35.5. The summed E-state index contributed by atoms with van der Waals surface area (Å²) in [6.45, 7) is 1.99. The van der Waals surface area contributed by atoms with E-state index in [-0.39, 0.29) is 11.2 Å². The van der Waals surface area contributed by atoms with Gasteiger partial charge in [-0.05, 0) is 42.3 Å². The van der Waals surface area contributed by atoms with Gasteiger partial charge in [-0.3, -0.25) is 9.89 Å². The minimum absolute atomic E-state index is 0.174. The number of nitrogens with two attached hydrogens (primary N) is 1. The van der Waals surface area contributed by atoms with E-state index in [0.29, 0.717) is 16.1 Å². The number of aromatic nitrogens is 3. The number of anilines is 1. The SMILES string of the molecule is Cc1cc(-c2c(N)c(=O)[nH]c3ccc(Cl)cc23)c2cn[nH]c2c1. The molecular formula is C17H13ClN4O. The Labute approximate surface area is 136 Å². The number of aryl methyl sites for hydroxylation is 1. The Morgan fingerprint density at radius 2 is 1.96 bits per heavy atom.